The Morgan fingerprint density at radius 1 is 1.17 bits per heavy atom. The minimum absolute atomic E-state index is 0.333. The van der Waals surface area contributed by atoms with Crippen molar-refractivity contribution in [3.63, 3.8) is 0 Å². The van der Waals surface area contributed by atoms with Gasteiger partial charge in [-0.1, -0.05) is 6.07 Å². The number of urea groups is 1. The number of amides is 3. The first-order valence-electron chi connectivity index (χ1n) is 7.61. The fourth-order valence-corrected chi connectivity index (χ4v) is 1.78. The normalized spacial score (nSPS) is 12.1. The van der Waals surface area contributed by atoms with Crippen LogP contribution in [0.1, 0.15) is 38.1 Å². The lowest BCUT2D eigenvalue weighted by molar-refractivity contribution is -0.127. The van der Waals surface area contributed by atoms with Gasteiger partial charge in [0.05, 0.1) is 5.56 Å². The molecule has 0 fully saturated rings. The Bertz CT molecular complexity index is 621. The van der Waals surface area contributed by atoms with Crippen molar-refractivity contribution in [3.8, 4) is 0 Å². The Morgan fingerprint density at radius 2 is 1.79 bits per heavy atom. The minimum Gasteiger partial charge on any atom is -0.449 e. The average molecular weight is 335 g/mol. The molecule has 0 spiro atoms. The first kappa shape index (κ1) is 19.5. The number of benzene rings is 1. The zero-order valence-electron chi connectivity index (χ0n) is 15.0. The summed E-state index contributed by atoms with van der Waals surface area (Å²) in [5.41, 5.74) is 0.697. The Morgan fingerprint density at radius 3 is 2.33 bits per heavy atom. The molecule has 0 aromatic heterocycles. The van der Waals surface area contributed by atoms with E-state index in [2.05, 4.69) is 10.6 Å². The van der Waals surface area contributed by atoms with Gasteiger partial charge < -0.3 is 15.0 Å². The maximum atomic E-state index is 12.1. The average Bonchev–Trinajstić information content (AvgIpc) is 2.44. The fourth-order valence-electron chi connectivity index (χ4n) is 1.78. The lowest BCUT2D eigenvalue weighted by Gasteiger charge is -2.21. The van der Waals surface area contributed by atoms with Crippen LogP contribution in [0.2, 0.25) is 0 Å². The summed E-state index contributed by atoms with van der Waals surface area (Å²) in [6.07, 6.45) is -1.09. The van der Waals surface area contributed by atoms with Gasteiger partial charge in [0.25, 0.3) is 5.91 Å². The first-order chi connectivity index (χ1) is 11.0. The van der Waals surface area contributed by atoms with Crippen molar-refractivity contribution in [1.29, 1.82) is 0 Å². The molecule has 0 bridgehead atoms. The van der Waals surface area contributed by atoms with Crippen molar-refractivity contribution in [2.75, 3.05) is 19.0 Å². The van der Waals surface area contributed by atoms with Crippen molar-refractivity contribution < 1.29 is 19.1 Å². The minimum atomic E-state index is -1.09. The number of anilines is 1. The van der Waals surface area contributed by atoms with Crippen molar-refractivity contribution in [2.45, 2.75) is 39.3 Å². The lowest BCUT2D eigenvalue weighted by Crippen LogP contribution is -2.50. The summed E-state index contributed by atoms with van der Waals surface area (Å²) in [5.74, 6) is -1.31. The molecule has 0 saturated heterocycles. The number of esters is 1. The van der Waals surface area contributed by atoms with Gasteiger partial charge in [-0.05, 0) is 45.9 Å². The summed E-state index contributed by atoms with van der Waals surface area (Å²) in [6.45, 7) is 6.78. The van der Waals surface area contributed by atoms with Crippen molar-refractivity contribution >= 4 is 23.6 Å². The van der Waals surface area contributed by atoms with E-state index in [1.165, 1.54) is 6.92 Å². The van der Waals surface area contributed by atoms with Gasteiger partial charge in [0.15, 0.2) is 6.10 Å². The number of rotatable bonds is 4. The zero-order chi connectivity index (χ0) is 18.5. The highest BCUT2D eigenvalue weighted by Gasteiger charge is 2.22. The Kier molecular flexibility index (Phi) is 6.34. The molecule has 7 heteroatoms. The highest BCUT2D eigenvalue weighted by atomic mass is 16.5. The van der Waals surface area contributed by atoms with Gasteiger partial charge in [0.1, 0.15) is 0 Å². The number of imide groups is 1. The molecule has 0 aliphatic heterocycles. The summed E-state index contributed by atoms with van der Waals surface area (Å²) in [4.78, 5) is 37.6. The monoisotopic (exact) mass is 335 g/mol. The molecule has 0 aliphatic rings. The summed E-state index contributed by atoms with van der Waals surface area (Å²) in [7, 11) is 3.71. The standard InChI is InChI=1S/C17H25N3O4/c1-11(14(21)18-16(23)19-17(2,3)4)24-15(22)12-8-7-9-13(10-12)20(5)6/h7-11H,1-6H3,(H2,18,19,21,23). The molecular weight excluding hydrogens is 310 g/mol. The maximum absolute atomic E-state index is 12.1. The quantitative estimate of drug-likeness (QED) is 0.821. The predicted molar refractivity (Wildman–Crippen MR) is 92.1 cm³/mol. The van der Waals surface area contributed by atoms with Gasteiger partial charge >= 0.3 is 12.0 Å². The van der Waals surface area contributed by atoms with Gasteiger partial charge in [0.2, 0.25) is 0 Å². The topological polar surface area (TPSA) is 87.7 Å². The summed E-state index contributed by atoms with van der Waals surface area (Å²) >= 11 is 0. The number of hydrogen-bond donors (Lipinski definition) is 2. The highest BCUT2D eigenvalue weighted by Crippen LogP contribution is 2.14. The number of ether oxygens (including phenoxy) is 1. The second-order valence-electron chi connectivity index (χ2n) is 6.69. The third-order valence-electron chi connectivity index (χ3n) is 2.98. The lowest BCUT2D eigenvalue weighted by atomic mass is 10.1. The largest absolute Gasteiger partial charge is 0.449 e. The molecule has 1 aromatic rings. The van der Waals surface area contributed by atoms with Crippen LogP contribution in [0.5, 0.6) is 0 Å². The van der Waals surface area contributed by atoms with E-state index in [4.69, 9.17) is 4.74 Å². The van der Waals surface area contributed by atoms with Crippen molar-refractivity contribution in [2.24, 2.45) is 0 Å². The van der Waals surface area contributed by atoms with Gasteiger partial charge in [-0.2, -0.15) is 0 Å². The van der Waals surface area contributed by atoms with Gasteiger partial charge in [0, 0.05) is 25.3 Å². The third kappa shape index (κ3) is 6.28. The molecule has 132 valence electrons. The Balaban J connectivity index is 2.65. The number of carbonyl (C=O) groups is 3. The molecule has 1 aromatic carbocycles. The Labute approximate surface area is 142 Å². The molecule has 24 heavy (non-hydrogen) atoms. The molecule has 0 aliphatic carbocycles. The second-order valence-corrected chi connectivity index (χ2v) is 6.69. The van der Waals surface area contributed by atoms with Crippen molar-refractivity contribution in [1.82, 2.24) is 10.6 Å². The molecule has 3 amide bonds. The molecule has 7 nitrogen and oxygen atoms in total. The van der Waals surface area contributed by atoms with Crippen LogP contribution in [0.15, 0.2) is 24.3 Å². The first-order valence-corrected chi connectivity index (χ1v) is 7.61. The van der Waals surface area contributed by atoms with Crippen LogP contribution in [0.25, 0.3) is 0 Å². The smallest absolute Gasteiger partial charge is 0.338 e. The van der Waals surface area contributed by atoms with Crippen LogP contribution < -0.4 is 15.5 Å². The number of carbonyl (C=O) groups excluding carboxylic acids is 3. The molecule has 2 N–H and O–H groups in total. The van der Waals surface area contributed by atoms with E-state index in [9.17, 15) is 14.4 Å². The van der Waals surface area contributed by atoms with Crippen LogP contribution >= 0.6 is 0 Å². The van der Waals surface area contributed by atoms with Crippen LogP contribution in [0.3, 0.4) is 0 Å². The van der Waals surface area contributed by atoms with Gasteiger partial charge in [-0.25, -0.2) is 9.59 Å². The number of nitrogens with zero attached hydrogens (tertiary/aromatic N) is 1. The van der Waals surface area contributed by atoms with E-state index >= 15 is 0 Å². The predicted octanol–water partition coefficient (Wildman–Crippen LogP) is 1.92. The molecule has 0 radical (unpaired) electrons. The van der Waals surface area contributed by atoms with E-state index in [1.807, 2.05) is 25.1 Å². The van der Waals surface area contributed by atoms with Gasteiger partial charge in [-0.15, -0.1) is 0 Å². The number of hydrogen-bond acceptors (Lipinski definition) is 5. The molecule has 1 rings (SSSR count). The van der Waals surface area contributed by atoms with Crippen LogP contribution in [-0.4, -0.2) is 43.6 Å². The molecule has 0 heterocycles. The maximum Gasteiger partial charge on any atom is 0.338 e. The van der Waals surface area contributed by atoms with Crippen LogP contribution in [-0.2, 0) is 9.53 Å². The van der Waals surface area contributed by atoms with Crippen LogP contribution in [0.4, 0.5) is 10.5 Å². The molecule has 0 saturated carbocycles. The van der Waals surface area contributed by atoms with E-state index in [0.29, 0.717) is 5.56 Å². The summed E-state index contributed by atoms with van der Waals surface area (Å²) < 4.78 is 5.11. The molecular formula is C17H25N3O4. The van der Waals surface area contributed by atoms with E-state index in [0.717, 1.165) is 5.69 Å². The van der Waals surface area contributed by atoms with Gasteiger partial charge in [-0.3, -0.25) is 10.1 Å². The third-order valence-corrected chi connectivity index (χ3v) is 2.98. The van der Waals surface area contributed by atoms with E-state index < -0.39 is 29.6 Å². The zero-order valence-corrected chi connectivity index (χ0v) is 15.0. The highest BCUT2D eigenvalue weighted by molar-refractivity contribution is 5.98. The SMILES string of the molecule is CC(OC(=O)c1cccc(N(C)C)c1)C(=O)NC(=O)NC(C)(C)C. The van der Waals surface area contributed by atoms with Crippen molar-refractivity contribution in [3.05, 3.63) is 29.8 Å². The fraction of sp³-hybridized carbons (Fsp3) is 0.471. The molecule has 1 unspecified atom stereocenters. The molecule has 1 atom stereocenters. The second kappa shape index (κ2) is 7.81. The number of nitrogens with one attached hydrogen (secondary N) is 2. The summed E-state index contributed by atoms with van der Waals surface area (Å²) in [6, 6.07) is 6.22. The van der Waals surface area contributed by atoms with E-state index in [-0.39, 0.29) is 0 Å². The van der Waals surface area contributed by atoms with Crippen LogP contribution in [0, 0.1) is 0 Å². The Hall–Kier alpha value is -2.57. The van der Waals surface area contributed by atoms with E-state index in [1.54, 1.807) is 39.0 Å². The summed E-state index contributed by atoms with van der Waals surface area (Å²) in [5, 5.41) is 4.74.